The normalized spacial score (nSPS) is 24.1. The summed E-state index contributed by atoms with van der Waals surface area (Å²) in [6, 6.07) is 0. The topological polar surface area (TPSA) is 60.8 Å². The Morgan fingerprint density at radius 3 is 2.82 bits per heavy atom. The molecule has 0 aromatic carbocycles. The number of amides is 1. The maximum absolute atomic E-state index is 10.4. The molecule has 0 aromatic heterocycles. The smallest absolute Gasteiger partial charge is 0.407 e. The van der Waals surface area contributed by atoms with Crippen LogP contribution in [0, 0.1) is 5.92 Å². The molecule has 11 heavy (non-hydrogen) atoms. The number of likely N-dealkylation sites (tertiary alicyclic amines) is 1. The average molecular weight is 159 g/mol. The lowest BCUT2D eigenvalue weighted by Crippen LogP contribution is -2.26. The summed E-state index contributed by atoms with van der Waals surface area (Å²) < 4.78 is 0. The minimum Gasteiger partial charge on any atom is -0.465 e. The van der Waals surface area contributed by atoms with Crippen molar-refractivity contribution in [2.75, 3.05) is 19.7 Å². The molecule has 2 N–H and O–H groups in total. The summed E-state index contributed by atoms with van der Waals surface area (Å²) in [7, 11) is 0. The SMILES string of the molecule is O=C(O)N1CCC(CCO)C1. The standard InChI is InChI=1S/C7H13NO3/c9-4-2-6-1-3-8(5-6)7(10)11/h6,9H,1-5H2,(H,10,11). The lowest BCUT2D eigenvalue weighted by atomic mass is 10.1. The highest BCUT2D eigenvalue weighted by atomic mass is 16.4. The number of rotatable bonds is 2. The summed E-state index contributed by atoms with van der Waals surface area (Å²) >= 11 is 0. The molecule has 0 aromatic rings. The molecule has 0 bridgehead atoms. The van der Waals surface area contributed by atoms with Gasteiger partial charge in [-0.1, -0.05) is 0 Å². The van der Waals surface area contributed by atoms with Crippen LogP contribution in [0.2, 0.25) is 0 Å². The van der Waals surface area contributed by atoms with Crippen molar-refractivity contribution in [2.45, 2.75) is 12.8 Å². The Bertz CT molecular complexity index is 149. The van der Waals surface area contributed by atoms with Gasteiger partial charge >= 0.3 is 6.09 Å². The number of aliphatic hydroxyl groups is 1. The molecule has 1 atom stereocenters. The van der Waals surface area contributed by atoms with Crippen LogP contribution in [0.25, 0.3) is 0 Å². The van der Waals surface area contributed by atoms with E-state index in [0.717, 1.165) is 12.8 Å². The molecule has 4 heteroatoms. The number of carbonyl (C=O) groups is 1. The second kappa shape index (κ2) is 3.57. The third kappa shape index (κ3) is 2.08. The number of carboxylic acid groups (broad SMARTS) is 1. The van der Waals surface area contributed by atoms with Crippen molar-refractivity contribution in [1.82, 2.24) is 4.90 Å². The molecule has 1 aliphatic heterocycles. The quantitative estimate of drug-likeness (QED) is 0.612. The van der Waals surface area contributed by atoms with Crippen LogP contribution in [0.15, 0.2) is 0 Å². The van der Waals surface area contributed by atoms with Gasteiger partial charge in [0.15, 0.2) is 0 Å². The lowest BCUT2D eigenvalue weighted by molar-refractivity contribution is 0.153. The largest absolute Gasteiger partial charge is 0.465 e. The van der Waals surface area contributed by atoms with Crippen molar-refractivity contribution in [3.8, 4) is 0 Å². The second-order valence-corrected chi connectivity index (χ2v) is 2.90. The van der Waals surface area contributed by atoms with Crippen molar-refractivity contribution in [2.24, 2.45) is 5.92 Å². The molecule has 0 radical (unpaired) electrons. The first-order valence-electron chi connectivity index (χ1n) is 3.82. The predicted molar refractivity (Wildman–Crippen MR) is 39.4 cm³/mol. The van der Waals surface area contributed by atoms with Gasteiger partial charge in [-0.25, -0.2) is 4.79 Å². The van der Waals surface area contributed by atoms with E-state index in [9.17, 15) is 4.79 Å². The molecule has 4 nitrogen and oxygen atoms in total. The zero-order chi connectivity index (χ0) is 8.27. The third-order valence-corrected chi connectivity index (χ3v) is 2.09. The Labute approximate surface area is 65.4 Å². The fourth-order valence-electron chi connectivity index (χ4n) is 1.42. The van der Waals surface area contributed by atoms with E-state index in [1.807, 2.05) is 0 Å². The van der Waals surface area contributed by atoms with Crippen LogP contribution in [0.3, 0.4) is 0 Å². The van der Waals surface area contributed by atoms with E-state index in [2.05, 4.69) is 0 Å². The zero-order valence-electron chi connectivity index (χ0n) is 6.36. The predicted octanol–water partition coefficient (Wildman–Crippen LogP) is 0.369. The molecular formula is C7H13NO3. The maximum atomic E-state index is 10.4. The van der Waals surface area contributed by atoms with E-state index < -0.39 is 6.09 Å². The molecule has 1 saturated heterocycles. The third-order valence-electron chi connectivity index (χ3n) is 2.09. The van der Waals surface area contributed by atoms with Gasteiger partial charge in [-0.15, -0.1) is 0 Å². The number of hydrogen-bond donors (Lipinski definition) is 2. The summed E-state index contributed by atoms with van der Waals surface area (Å²) in [5.41, 5.74) is 0. The molecule has 1 unspecified atom stereocenters. The molecule has 1 fully saturated rings. The van der Waals surface area contributed by atoms with Crippen molar-refractivity contribution in [3.05, 3.63) is 0 Å². The van der Waals surface area contributed by atoms with E-state index in [1.165, 1.54) is 4.90 Å². The second-order valence-electron chi connectivity index (χ2n) is 2.90. The van der Waals surface area contributed by atoms with Crippen LogP contribution in [-0.2, 0) is 0 Å². The van der Waals surface area contributed by atoms with Crippen molar-refractivity contribution in [3.63, 3.8) is 0 Å². The van der Waals surface area contributed by atoms with Crippen molar-refractivity contribution >= 4 is 6.09 Å². The Morgan fingerprint density at radius 2 is 2.36 bits per heavy atom. The first kappa shape index (κ1) is 8.33. The van der Waals surface area contributed by atoms with Gasteiger partial charge in [-0.3, -0.25) is 0 Å². The van der Waals surface area contributed by atoms with Crippen LogP contribution in [0.1, 0.15) is 12.8 Å². The fourth-order valence-corrected chi connectivity index (χ4v) is 1.42. The number of aliphatic hydroxyl groups excluding tert-OH is 1. The minimum absolute atomic E-state index is 0.165. The van der Waals surface area contributed by atoms with Crippen molar-refractivity contribution < 1.29 is 15.0 Å². The Morgan fingerprint density at radius 1 is 1.64 bits per heavy atom. The van der Waals surface area contributed by atoms with Gasteiger partial charge < -0.3 is 15.1 Å². The molecule has 1 rings (SSSR count). The average Bonchev–Trinajstić information content (AvgIpc) is 2.37. The number of nitrogens with zero attached hydrogens (tertiary/aromatic N) is 1. The molecule has 1 aliphatic rings. The van der Waals surface area contributed by atoms with E-state index >= 15 is 0 Å². The van der Waals surface area contributed by atoms with Crippen molar-refractivity contribution in [1.29, 1.82) is 0 Å². The molecular weight excluding hydrogens is 146 g/mol. The molecule has 0 aliphatic carbocycles. The molecule has 0 spiro atoms. The minimum atomic E-state index is -0.842. The van der Waals surface area contributed by atoms with E-state index in [1.54, 1.807) is 0 Å². The highest BCUT2D eigenvalue weighted by Gasteiger charge is 2.24. The Kier molecular flexibility index (Phi) is 2.70. The van der Waals surface area contributed by atoms with Crippen LogP contribution < -0.4 is 0 Å². The lowest BCUT2D eigenvalue weighted by Gasteiger charge is -2.10. The molecule has 0 saturated carbocycles. The van der Waals surface area contributed by atoms with Crippen LogP contribution in [0.4, 0.5) is 4.79 Å². The van der Waals surface area contributed by atoms with Crippen LogP contribution in [-0.4, -0.2) is 40.9 Å². The summed E-state index contributed by atoms with van der Waals surface area (Å²) in [6.45, 7) is 1.38. The van der Waals surface area contributed by atoms with Gasteiger partial charge in [0, 0.05) is 19.7 Å². The van der Waals surface area contributed by atoms with Gasteiger partial charge in [-0.2, -0.15) is 0 Å². The molecule has 1 amide bonds. The monoisotopic (exact) mass is 159 g/mol. The highest BCUT2D eigenvalue weighted by molar-refractivity contribution is 5.65. The zero-order valence-corrected chi connectivity index (χ0v) is 6.36. The summed E-state index contributed by atoms with van der Waals surface area (Å²) in [5.74, 6) is 0.371. The van der Waals surface area contributed by atoms with E-state index in [-0.39, 0.29) is 6.61 Å². The molecule has 64 valence electrons. The summed E-state index contributed by atoms with van der Waals surface area (Å²) in [6.07, 6.45) is 0.779. The van der Waals surface area contributed by atoms with Crippen LogP contribution >= 0.6 is 0 Å². The number of hydrogen-bond acceptors (Lipinski definition) is 2. The van der Waals surface area contributed by atoms with E-state index in [4.69, 9.17) is 10.2 Å². The van der Waals surface area contributed by atoms with Gasteiger partial charge in [0.1, 0.15) is 0 Å². The van der Waals surface area contributed by atoms with Gasteiger partial charge in [0.05, 0.1) is 0 Å². The maximum Gasteiger partial charge on any atom is 0.407 e. The van der Waals surface area contributed by atoms with Gasteiger partial charge in [0.2, 0.25) is 0 Å². The Balaban J connectivity index is 2.29. The first-order valence-corrected chi connectivity index (χ1v) is 3.82. The van der Waals surface area contributed by atoms with Gasteiger partial charge in [-0.05, 0) is 18.8 Å². The van der Waals surface area contributed by atoms with E-state index in [0.29, 0.717) is 19.0 Å². The summed E-state index contributed by atoms with van der Waals surface area (Å²) in [5, 5.41) is 17.1. The fraction of sp³-hybridized carbons (Fsp3) is 0.857. The first-order chi connectivity index (χ1) is 5.24. The molecule has 1 heterocycles. The van der Waals surface area contributed by atoms with Crippen LogP contribution in [0.5, 0.6) is 0 Å². The van der Waals surface area contributed by atoms with Gasteiger partial charge in [0.25, 0.3) is 0 Å². The Hall–Kier alpha value is -0.770. The highest BCUT2D eigenvalue weighted by Crippen LogP contribution is 2.18. The summed E-state index contributed by atoms with van der Waals surface area (Å²) in [4.78, 5) is 11.8.